The van der Waals surface area contributed by atoms with Gasteiger partial charge in [-0.3, -0.25) is 4.79 Å². The maximum Gasteiger partial charge on any atom is 0.249 e. The summed E-state index contributed by atoms with van der Waals surface area (Å²) in [4.78, 5) is 11.3. The van der Waals surface area contributed by atoms with Crippen molar-refractivity contribution in [1.29, 1.82) is 0 Å². The average Bonchev–Trinajstić information content (AvgIpc) is 2.46. The van der Waals surface area contributed by atoms with E-state index in [1.165, 1.54) is 0 Å². The van der Waals surface area contributed by atoms with Gasteiger partial charge in [0.25, 0.3) is 0 Å². The topological polar surface area (TPSA) is 61.5 Å². The zero-order chi connectivity index (χ0) is 14.5. The third-order valence-electron chi connectivity index (χ3n) is 2.77. The minimum atomic E-state index is -0.524. The Bertz CT molecular complexity index is 614. The number of methoxy groups -OCH3 is 1. The third kappa shape index (κ3) is 3.11. The maximum absolute atomic E-state index is 11.3. The number of carbonyl (C=O) groups is 1. The highest BCUT2D eigenvalue weighted by molar-refractivity contribution is 9.10. The molecule has 0 aliphatic carbocycles. The molecule has 2 aromatic carbocycles. The molecule has 2 N–H and O–H groups in total. The van der Waals surface area contributed by atoms with Crippen LogP contribution in [0.2, 0.25) is 0 Å². The van der Waals surface area contributed by atoms with E-state index in [4.69, 9.17) is 15.2 Å². The van der Waals surface area contributed by atoms with E-state index in [0.29, 0.717) is 28.1 Å². The summed E-state index contributed by atoms with van der Waals surface area (Å²) in [5.74, 6) is 0.481. The Morgan fingerprint density at radius 2 is 1.90 bits per heavy atom. The maximum atomic E-state index is 11.3. The molecule has 0 unspecified atom stereocenters. The molecule has 0 aromatic heterocycles. The van der Waals surface area contributed by atoms with Crippen molar-refractivity contribution >= 4 is 21.8 Å². The smallest absolute Gasteiger partial charge is 0.249 e. The molecule has 0 aliphatic rings. The van der Waals surface area contributed by atoms with E-state index in [-0.39, 0.29) is 0 Å². The van der Waals surface area contributed by atoms with Crippen molar-refractivity contribution < 1.29 is 14.3 Å². The summed E-state index contributed by atoms with van der Waals surface area (Å²) in [6, 6.07) is 13.0. The van der Waals surface area contributed by atoms with Gasteiger partial charge in [-0.05, 0) is 33.6 Å². The fourth-order valence-corrected chi connectivity index (χ4v) is 2.39. The van der Waals surface area contributed by atoms with E-state index in [0.717, 1.165) is 5.56 Å². The molecule has 4 nitrogen and oxygen atoms in total. The first-order valence-corrected chi connectivity index (χ1v) is 6.75. The second-order valence-electron chi connectivity index (χ2n) is 4.10. The summed E-state index contributed by atoms with van der Waals surface area (Å²) in [5, 5.41) is 0. The number of primary amides is 1. The summed E-state index contributed by atoms with van der Waals surface area (Å²) in [6.45, 7) is 0.373. The van der Waals surface area contributed by atoms with Crippen molar-refractivity contribution in [2.24, 2.45) is 5.73 Å². The van der Waals surface area contributed by atoms with Gasteiger partial charge in [0.2, 0.25) is 5.91 Å². The van der Waals surface area contributed by atoms with Gasteiger partial charge in [-0.15, -0.1) is 0 Å². The lowest BCUT2D eigenvalue weighted by atomic mass is 10.2. The van der Waals surface area contributed by atoms with Gasteiger partial charge in [-0.2, -0.15) is 0 Å². The fourth-order valence-electron chi connectivity index (χ4n) is 1.75. The predicted octanol–water partition coefficient (Wildman–Crippen LogP) is 3.14. The van der Waals surface area contributed by atoms with Gasteiger partial charge in [0.05, 0.1) is 17.1 Å². The second kappa shape index (κ2) is 6.43. The van der Waals surface area contributed by atoms with E-state index in [2.05, 4.69) is 15.9 Å². The Kier molecular flexibility index (Phi) is 4.63. The van der Waals surface area contributed by atoms with Crippen LogP contribution in [-0.2, 0) is 6.61 Å². The van der Waals surface area contributed by atoms with Crippen LogP contribution in [0.1, 0.15) is 15.9 Å². The molecule has 2 aromatic rings. The van der Waals surface area contributed by atoms with Gasteiger partial charge in [0.1, 0.15) is 6.61 Å². The highest BCUT2D eigenvalue weighted by Crippen LogP contribution is 2.38. The molecule has 0 spiro atoms. The summed E-state index contributed by atoms with van der Waals surface area (Å²) in [6.07, 6.45) is 0. The van der Waals surface area contributed by atoms with Crippen LogP contribution in [0.3, 0.4) is 0 Å². The fraction of sp³-hybridized carbons (Fsp3) is 0.133. The van der Waals surface area contributed by atoms with Crippen LogP contribution in [-0.4, -0.2) is 13.0 Å². The highest BCUT2D eigenvalue weighted by Gasteiger charge is 2.16. The zero-order valence-electron chi connectivity index (χ0n) is 10.9. The number of amides is 1. The molecule has 5 heteroatoms. The molecular weight excluding hydrogens is 322 g/mol. The number of hydrogen-bond acceptors (Lipinski definition) is 3. The van der Waals surface area contributed by atoms with E-state index in [1.807, 2.05) is 30.3 Å². The van der Waals surface area contributed by atoms with Crippen LogP contribution in [0.5, 0.6) is 11.5 Å². The van der Waals surface area contributed by atoms with Gasteiger partial charge in [0, 0.05) is 0 Å². The Balaban J connectivity index is 2.29. The van der Waals surface area contributed by atoms with Crippen molar-refractivity contribution in [1.82, 2.24) is 0 Å². The summed E-state index contributed by atoms with van der Waals surface area (Å²) < 4.78 is 11.5. The number of nitrogens with two attached hydrogens (primary N) is 1. The Morgan fingerprint density at radius 3 is 2.50 bits per heavy atom. The molecular formula is C15H14BrNO3. The van der Waals surface area contributed by atoms with E-state index < -0.39 is 5.91 Å². The minimum absolute atomic E-state index is 0.355. The van der Waals surface area contributed by atoms with Crippen molar-refractivity contribution in [3.8, 4) is 11.5 Å². The molecule has 104 valence electrons. The number of halogens is 1. The third-order valence-corrected chi connectivity index (χ3v) is 3.56. The quantitative estimate of drug-likeness (QED) is 0.912. The number of ether oxygens (including phenoxy) is 2. The molecule has 0 saturated carbocycles. The average molecular weight is 336 g/mol. The van der Waals surface area contributed by atoms with Crippen LogP contribution >= 0.6 is 15.9 Å². The molecule has 0 fully saturated rings. The van der Waals surface area contributed by atoms with Crippen molar-refractivity contribution in [3.63, 3.8) is 0 Å². The van der Waals surface area contributed by atoms with E-state index in [9.17, 15) is 4.79 Å². The first-order chi connectivity index (χ1) is 9.63. The largest absolute Gasteiger partial charge is 0.493 e. The number of rotatable bonds is 5. The Morgan fingerprint density at radius 1 is 1.20 bits per heavy atom. The van der Waals surface area contributed by atoms with Gasteiger partial charge >= 0.3 is 0 Å². The number of hydrogen-bond donors (Lipinski definition) is 1. The second-order valence-corrected chi connectivity index (χ2v) is 4.89. The van der Waals surface area contributed by atoms with Crippen LogP contribution in [0, 0.1) is 0 Å². The molecule has 0 aliphatic heterocycles. The molecule has 2 rings (SSSR count). The number of benzene rings is 2. The minimum Gasteiger partial charge on any atom is -0.493 e. The van der Waals surface area contributed by atoms with Crippen LogP contribution in [0.25, 0.3) is 0 Å². The molecule has 20 heavy (non-hydrogen) atoms. The SMILES string of the molecule is COc1ccc(C(N)=O)c(Br)c1OCc1ccccc1. The van der Waals surface area contributed by atoms with E-state index in [1.54, 1.807) is 19.2 Å². The standard InChI is InChI=1S/C15H14BrNO3/c1-19-12-8-7-11(15(17)18)13(16)14(12)20-9-10-5-3-2-4-6-10/h2-8H,9H2,1H3,(H2,17,18). The molecule has 0 saturated heterocycles. The van der Waals surface area contributed by atoms with Crippen LogP contribution < -0.4 is 15.2 Å². The molecule has 0 atom stereocenters. The van der Waals surface area contributed by atoms with Crippen LogP contribution in [0.15, 0.2) is 46.9 Å². The van der Waals surface area contributed by atoms with Crippen molar-refractivity contribution in [3.05, 3.63) is 58.1 Å². The zero-order valence-corrected chi connectivity index (χ0v) is 12.5. The number of carbonyl (C=O) groups excluding carboxylic acids is 1. The molecule has 0 heterocycles. The first-order valence-electron chi connectivity index (χ1n) is 5.96. The molecule has 1 amide bonds. The van der Waals surface area contributed by atoms with Crippen LogP contribution in [0.4, 0.5) is 0 Å². The van der Waals surface area contributed by atoms with Crippen molar-refractivity contribution in [2.75, 3.05) is 7.11 Å². The predicted molar refractivity (Wildman–Crippen MR) is 80.0 cm³/mol. The van der Waals surface area contributed by atoms with Gasteiger partial charge in [-0.1, -0.05) is 30.3 Å². The summed E-state index contributed by atoms with van der Waals surface area (Å²) >= 11 is 3.34. The summed E-state index contributed by atoms with van der Waals surface area (Å²) in [7, 11) is 1.54. The lowest BCUT2D eigenvalue weighted by Crippen LogP contribution is -2.12. The summed E-state index contributed by atoms with van der Waals surface area (Å²) in [5.41, 5.74) is 6.69. The van der Waals surface area contributed by atoms with E-state index >= 15 is 0 Å². The monoisotopic (exact) mass is 335 g/mol. The highest BCUT2D eigenvalue weighted by atomic mass is 79.9. The van der Waals surface area contributed by atoms with Gasteiger partial charge < -0.3 is 15.2 Å². The Labute approximate surface area is 125 Å². The Hall–Kier alpha value is -2.01. The lowest BCUT2D eigenvalue weighted by molar-refractivity contribution is 0.0999. The van der Waals surface area contributed by atoms with Crippen molar-refractivity contribution in [2.45, 2.75) is 6.61 Å². The first kappa shape index (κ1) is 14.4. The molecule has 0 radical (unpaired) electrons. The van der Waals surface area contributed by atoms with Gasteiger partial charge in [-0.25, -0.2) is 0 Å². The lowest BCUT2D eigenvalue weighted by Gasteiger charge is -2.14. The van der Waals surface area contributed by atoms with Gasteiger partial charge in [0.15, 0.2) is 11.5 Å². The molecule has 0 bridgehead atoms. The normalized spacial score (nSPS) is 10.1.